The van der Waals surface area contributed by atoms with Crippen LogP contribution in [0.1, 0.15) is 32.1 Å². The molecule has 11 heteroatoms. The van der Waals surface area contributed by atoms with Gasteiger partial charge in [0.2, 0.25) is 5.91 Å². The molecular formula is C35H35ClFN7O2. The molecule has 1 saturated carbocycles. The van der Waals surface area contributed by atoms with Crippen molar-refractivity contribution in [3.63, 3.8) is 0 Å². The highest BCUT2D eigenvalue weighted by atomic mass is 35.5. The normalized spacial score (nSPS) is 19.4. The molecule has 1 amide bonds. The Morgan fingerprint density at radius 3 is 2.67 bits per heavy atom. The zero-order valence-electron chi connectivity index (χ0n) is 25.6. The number of piperazine rings is 1. The van der Waals surface area contributed by atoms with Crippen molar-refractivity contribution in [1.29, 1.82) is 5.26 Å². The molecule has 0 radical (unpaired) electrons. The Balaban J connectivity index is 1.30. The van der Waals surface area contributed by atoms with Gasteiger partial charge in [-0.25, -0.2) is 4.39 Å². The van der Waals surface area contributed by atoms with E-state index in [1.807, 2.05) is 35.2 Å². The summed E-state index contributed by atoms with van der Waals surface area (Å²) in [5.41, 5.74) is 0.857. The number of pyridine rings is 1. The molecule has 0 spiro atoms. The SMILES string of the molecule is C=CC(=O)N1CCN(c2nc(OCC3(CN4CCCC4)CC3)nc3c(F)c(-c4cccc5cccc(Cl)c45)ncc23)C[C@@H]1CC#N. The maximum Gasteiger partial charge on any atom is 0.319 e. The fourth-order valence-electron chi connectivity index (χ4n) is 6.90. The number of carbonyl (C=O) groups excluding carboxylic acids is 1. The first kappa shape index (κ1) is 30.3. The minimum Gasteiger partial charge on any atom is -0.463 e. The van der Waals surface area contributed by atoms with Crippen LogP contribution in [0.3, 0.4) is 0 Å². The molecule has 1 aliphatic carbocycles. The van der Waals surface area contributed by atoms with Gasteiger partial charge in [-0.2, -0.15) is 15.2 Å². The molecule has 1 atom stereocenters. The first-order valence-electron chi connectivity index (χ1n) is 15.8. The number of nitrogens with zero attached hydrogens (tertiary/aromatic N) is 7. The molecule has 2 aliphatic heterocycles. The van der Waals surface area contributed by atoms with E-state index in [0.717, 1.165) is 37.9 Å². The number of nitriles is 1. The van der Waals surface area contributed by atoms with Crippen LogP contribution in [0.5, 0.6) is 6.01 Å². The lowest BCUT2D eigenvalue weighted by Gasteiger charge is -2.41. The number of rotatable bonds is 9. The van der Waals surface area contributed by atoms with E-state index in [-0.39, 0.29) is 41.0 Å². The van der Waals surface area contributed by atoms with Gasteiger partial charge in [0.25, 0.3) is 0 Å². The maximum atomic E-state index is 16.7. The minimum absolute atomic E-state index is 0.0546. The van der Waals surface area contributed by atoms with Crippen molar-refractivity contribution in [2.24, 2.45) is 5.41 Å². The Morgan fingerprint density at radius 2 is 1.93 bits per heavy atom. The third kappa shape index (κ3) is 5.74. The van der Waals surface area contributed by atoms with Crippen molar-refractivity contribution in [3.05, 3.63) is 66.1 Å². The molecule has 46 heavy (non-hydrogen) atoms. The standard InChI is InChI=1S/C35H35ClFN7O2/c1-2-28(45)44-18-17-43(20-24(44)11-14-38)33-26-19-39-31(25-9-5-7-23-8-6-10-27(36)29(23)25)30(37)32(26)40-34(41-33)46-22-35(12-13-35)21-42-15-3-4-16-42/h2,5-10,19,24H,1,3-4,11-13,15-18,20-22H2/t24-/m0/s1. The summed E-state index contributed by atoms with van der Waals surface area (Å²) >= 11 is 6.61. The van der Waals surface area contributed by atoms with Crippen molar-refractivity contribution < 1.29 is 13.9 Å². The Hall–Kier alpha value is -4.33. The van der Waals surface area contributed by atoms with E-state index in [4.69, 9.17) is 21.3 Å². The number of fused-ring (bicyclic) bond motifs is 2. The number of hydrogen-bond acceptors (Lipinski definition) is 8. The summed E-state index contributed by atoms with van der Waals surface area (Å²) in [6.45, 7) is 8.39. The summed E-state index contributed by atoms with van der Waals surface area (Å²) in [7, 11) is 0. The van der Waals surface area contributed by atoms with Crippen LogP contribution in [0.15, 0.2) is 55.3 Å². The molecule has 2 aromatic carbocycles. The molecule has 236 valence electrons. The highest BCUT2D eigenvalue weighted by Crippen LogP contribution is 2.47. The van der Waals surface area contributed by atoms with Gasteiger partial charge in [0, 0.05) is 53.8 Å². The number of carbonyl (C=O) groups is 1. The van der Waals surface area contributed by atoms with Gasteiger partial charge < -0.3 is 19.4 Å². The number of benzene rings is 2. The molecule has 2 saturated heterocycles. The highest BCUT2D eigenvalue weighted by Gasteiger charge is 2.45. The Kier molecular flexibility index (Phi) is 8.22. The van der Waals surface area contributed by atoms with Crippen LogP contribution < -0.4 is 9.64 Å². The third-order valence-corrected chi connectivity index (χ3v) is 9.86. The maximum absolute atomic E-state index is 16.7. The molecule has 4 aromatic rings. The lowest BCUT2D eigenvalue weighted by atomic mass is 10.0. The van der Waals surface area contributed by atoms with Crippen LogP contribution in [0.2, 0.25) is 5.02 Å². The van der Waals surface area contributed by atoms with Gasteiger partial charge in [0.05, 0.1) is 30.5 Å². The van der Waals surface area contributed by atoms with E-state index < -0.39 is 5.82 Å². The predicted octanol–water partition coefficient (Wildman–Crippen LogP) is 6.01. The van der Waals surface area contributed by atoms with Crippen molar-refractivity contribution in [1.82, 2.24) is 24.8 Å². The van der Waals surface area contributed by atoms with Crippen molar-refractivity contribution in [3.8, 4) is 23.3 Å². The van der Waals surface area contributed by atoms with Crippen molar-refractivity contribution in [2.45, 2.75) is 38.1 Å². The fourth-order valence-corrected chi connectivity index (χ4v) is 7.18. The Labute approximate surface area is 272 Å². The highest BCUT2D eigenvalue weighted by molar-refractivity contribution is 6.36. The van der Waals surface area contributed by atoms with Gasteiger partial charge in [0.15, 0.2) is 5.82 Å². The van der Waals surface area contributed by atoms with E-state index >= 15 is 4.39 Å². The molecule has 4 heterocycles. The topological polar surface area (TPSA) is 98.5 Å². The largest absolute Gasteiger partial charge is 0.463 e. The lowest BCUT2D eigenvalue weighted by Crippen LogP contribution is -2.55. The molecule has 0 unspecified atom stereocenters. The average Bonchev–Trinajstić information content (AvgIpc) is 3.64. The second-order valence-electron chi connectivity index (χ2n) is 12.6. The summed E-state index contributed by atoms with van der Waals surface area (Å²) in [5.74, 6) is -0.354. The summed E-state index contributed by atoms with van der Waals surface area (Å²) in [4.78, 5) is 32.8. The number of amides is 1. The second-order valence-corrected chi connectivity index (χ2v) is 13.0. The summed E-state index contributed by atoms with van der Waals surface area (Å²) in [6, 6.07) is 13.1. The van der Waals surface area contributed by atoms with Crippen molar-refractivity contribution in [2.75, 3.05) is 50.8 Å². The minimum atomic E-state index is -0.592. The smallest absolute Gasteiger partial charge is 0.319 e. The van der Waals surface area contributed by atoms with Crippen LogP contribution in [0.4, 0.5) is 10.2 Å². The van der Waals surface area contributed by atoms with Crippen LogP contribution in [0, 0.1) is 22.6 Å². The van der Waals surface area contributed by atoms with E-state index in [0.29, 0.717) is 53.4 Å². The molecule has 7 rings (SSSR count). The van der Waals surface area contributed by atoms with Crippen LogP contribution in [0.25, 0.3) is 32.9 Å². The second kappa shape index (κ2) is 12.5. The zero-order chi connectivity index (χ0) is 31.8. The molecule has 3 fully saturated rings. The average molecular weight is 640 g/mol. The van der Waals surface area contributed by atoms with Gasteiger partial charge in [-0.05, 0) is 56.3 Å². The summed E-state index contributed by atoms with van der Waals surface area (Å²) < 4.78 is 23.0. The molecule has 2 aromatic heterocycles. The Bertz CT molecular complexity index is 1860. The molecule has 3 aliphatic rings. The molecule has 0 bridgehead atoms. The first-order chi connectivity index (χ1) is 22.4. The summed E-state index contributed by atoms with van der Waals surface area (Å²) in [6.07, 6.45) is 7.60. The van der Waals surface area contributed by atoms with E-state index in [1.54, 1.807) is 17.2 Å². The molecule has 0 N–H and O–H groups in total. The van der Waals surface area contributed by atoms with Gasteiger partial charge in [-0.1, -0.05) is 48.5 Å². The Morgan fingerprint density at radius 1 is 1.15 bits per heavy atom. The number of ether oxygens (including phenoxy) is 1. The van der Waals surface area contributed by atoms with Crippen LogP contribution in [-0.2, 0) is 4.79 Å². The monoisotopic (exact) mass is 639 g/mol. The fraction of sp³-hybridized carbons (Fsp3) is 0.400. The van der Waals surface area contributed by atoms with E-state index in [1.165, 1.54) is 18.9 Å². The number of halogens is 2. The third-order valence-electron chi connectivity index (χ3n) is 9.54. The lowest BCUT2D eigenvalue weighted by molar-refractivity contribution is -0.128. The predicted molar refractivity (Wildman–Crippen MR) is 176 cm³/mol. The molecule has 9 nitrogen and oxygen atoms in total. The first-order valence-corrected chi connectivity index (χ1v) is 16.2. The molecular weight excluding hydrogens is 605 g/mol. The zero-order valence-corrected chi connectivity index (χ0v) is 26.3. The number of aromatic nitrogens is 3. The summed E-state index contributed by atoms with van der Waals surface area (Å²) in [5, 5.41) is 12.1. The van der Waals surface area contributed by atoms with E-state index in [2.05, 4.69) is 27.5 Å². The van der Waals surface area contributed by atoms with Crippen molar-refractivity contribution >= 4 is 45.0 Å². The van der Waals surface area contributed by atoms with Gasteiger partial charge in [-0.3, -0.25) is 9.78 Å². The van der Waals surface area contributed by atoms with Crippen LogP contribution >= 0.6 is 11.6 Å². The number of anilines is 1. The quantitative estimate of drug-likeness (QED) is 0.206. The number of hydrogen-bond donors (Lipinski definition) is 0. The van der Waals surface area contributed by atoms with E-state index in [9.17, 15) is 10.1 Å². The number of likely N-dealkylation sites (tertiary alicyclic amines) is 1. The van der Waals surface area contributed by atoms with Gasteiger partial charge in [-0.15, -0.1) is 0 Å². The van der Waals surface area contributed by atoms with Crippen LogP contribution in [-0.4, -0.2) is 82.6 Å². The van der Waals surface area contributed by atoms with Gasteiger partial charge in [0.1, 0.15) is 17.0 Å². The van der Waals surface area contributed by atoms with Gasteiger partial charge >= 0.3 is 6.01 Å².